The first-order valence-corrected chi connectivity index (χ1v) is 8.15. The van der Waals surface area contributed by atoms with Crippen molar-refractivity contribution in [3.05, 3.63) is 50.8 Å². The maximum absolute atomic E-state index is 12.6. The van der Waals surface area contributed by atoms with Gasteiger partial charge in [-0.15, -0.1) is 11.3 Å². The molecule has 3 heterocycles. The van der Waals surface area contributed by atoms with Gasteiger partial charge in [0.25, 0.3) is 5.91 Å². The third kappa shape index (κ3) is 2.24. The lowest BCUT2D eigenvalue weighted by molar-refractivity contribution is -0.114. The molecule has 0 aromatic carbocycles. The number of thioether (sulfide) groups is 1. The van der Waals surface area contributed by atoms with Crippen LogP contribution in [0.5, 0.6) is 0 Å². The van der Waals surface area contributed by atoms with E-state index < -0.39 is 0 Å². The summed E-state index contributed by atoms with van der Waals surface area (Å²) in [6.45, 7) is 3.93. The van der Waals surface area contributed by atoms with Gasteiger partial charge in [0.2, 0.25) is 0 Å². The topological polar surface area (TPSA) is 25.2 Å². The third-order valence-corrected chi connectivity index (χ3v) is 5.13. The van der Waals surface area contributed by atoms with Crippen LogP contribution in [0.15, 0.2) is 34.6 Å². The minimum Gasteiger partial charge on any atom is -0.266 e. The number of hydrogen-bond donors (Lipinski definition) is 0. The molecular formula is C14H12N2OS3. The number of carbonyl (C=O) groups is 1. The maximum Gasteiger partial charge on any atom is 0.285 e. The molecule has 3 nitrogen and oxygen atoms in total. The summed E-state index contributed by atoms with van der Waals surface area (Å²) in [5.41, 5.74) is 1.99. The van der Waals surface area contributed by atoms with Crippen LogP contribution in [0.25, 0.3) is 6.08 Å². The molecule has 1 aliphatic rings. The smallest absolute Gasteiger partial charge is 0.266 e. The van der Waals surface area contributed by atoms with Crippen LogP contribution < -0.4 is 5.01 Å². The first-order chi connectivity index (χ1) is 9.58. The van der Waals surface area contributed by atoms with E-state index in [1.165, 1.54) is 11.8 Å². The van der Waals surface area contributed by atoms with Crippen LogP contribution in [0, 0.1) is 13.8 Å². The Morgan fingerprint density at radius 2 is 1.90 bits per heavy atom. The number of thiocarbonyl (C=S) groups is 1. The van der Waals surface area contributed by atoms with Gasteiger partial charge in [0.05, 0.1) is 4.91 Å². The highest BCUT2D eigenvalue weighted by Crippen LogP contribution is 2.33. The van der Waals surface area contributed by atoms with E-state index in [-0.39, 0.29) is 5.91 Å². The van der Waals surface area contributed by atoms with Gasteiger partial charge in [0.15, 0.2) is 4.32 Å². The van der Waals surface area contributed by atoms with E-state index in [9.17, 15) is 4.79 Å². The molecule has 0 aliphatic carbocycles. The highest BCUT2D eigenvalue weighted by molar-refractivity contribution is 8.27. The molecule has 0 saturated carbocycles. The van der Waals surface area contributed by atoms with Crippen molar-refractivity contribution in [1.29, 1.82) is 0 Å². The van der Waals surface area contributed by atoms with E-state index in [2.05, 4.69) is 0 Å². The Hall–Kier alpha value is -1.37. The molecule has 1 amide bonds. The average molecular weight is 320 g/mol. The molecule has 20 heavy (non-hydrogen) atoms. The molecule has 1 saturated heterocycles. The number of hydrogen-bond acceptors (Lipinski definition) is 4. The minimum absolute atomic E-state index is 0.0594. The summed E-state index contributed by atoms with van der Waals surface area (Å²) in [7, 11) is 0. The molecule has 6 heteroatoms. The van der Waals surface area contributed by atoms with Gasteiger partial charge in [-0.3, -0.25) is 9.47 Å². The normalized spacial score (nSPS) is 17.5. The molecular weight excluding hydrogens is 308 g/mol. The molecule has 1 fully saturated rings. The van der Waals surface area contributed by atoms with Gasteiger partial charge >= 0.3 is 0 Å². The second kappa shape index (κ2) is 5.20. The Labute approximate surface area is 130 Å². The van der Waals surface area contributed by atoms with Crippen molar-refractivity contribution in [1.82, 2.24) is 4.68 Å². The van der Waals surface area contributed by atoms with Gasteiger partial charge in [-0.2, -0.15) is 5.01 Å². The van der Waals surface area contributed by atoms with Crippen molar-refractivity contribution in [2.45, 2.75) is 13.8 Å². The number of rotatable bonds is 2. The van der Waals surface area contributed by atoms with E-state index in [4.69, 9.17) is 12.2 Å². The summed E-state index contributed by atoms with van der Waals surface area (Å²) in [5.74, 6) is -0.0594. The van der Waals surface area contributed by atoms with E-state index >= 15 is 0 Å². The zero-order valence-corrected chi connectivity index (χ0v) is 13.4. The van der Waals surface area contributed by atoms with Crippen LogP contribution in [-0.4, -0.2) is 14.9 Å². The molecule has 0 atom stereocenters. The van der Waals surface area contributed by atoms with Crippen LogP contribution in [0.3, 0.4) is 0 Å². The van der Waals surface area contributed by atoms with Crippen molar-refractivity contribution in [2.75, 3.05) is 5.01 Å². The van der Waals surface area contributed by atoms with Crippen molar-refractivity contribution < 1.29 is 4.79 Å². The summed E-state index contributed by atoms with van der Waals surface area (Å²) in [4.78, 5) is 14.3. The lowest BCUT2D eigenvalue weighted by Gasteiger charge is -2.20. The van der Waals surface area contributed by atoms with Crippen LogP contribution in [-0.2, 0) is 4.79 Å². The van der Waals surface area contributed by atoms with E-state index in [0.29, 0.717) is 9.23 Å². The van der Waals surface area contributed by atoms with Crippen LogP contribution in [0.1, 0.15) is 16.3 Å². The highest BCUT2D eigenvalue weighted by Gasteiger charge is 2.34. The first kappa shape index (κ1) is 13.6. The van der Waals surface area contributed by atoms with Crippen molar-refractivity contribution >= 4 is 51.6 Å². The second-order valence-corrected chi connectivity index (χ2v) is 7.09. The lowest BCUT2D eigenvalue weighted by Crippen LogP contribution is -2.39. The zero-order chi connectivity index (χ0) is 14.3. The number of carbonyl (C=O) groups excluding carboxylic acids is 1. The second-order valence-electron chi connectivity index (χ2n) is 4.44. The van der Waals surface area contributed by atoms with Crippen LogP contribution in [0.4, 0.5) is 0 Å². The third-order valence-electron chi connectivity index (χ3n) is 3.02. The Morgan fingerprint density at radius 1 is 1.20 bits per heavy atom. The largest absolute Gasteiger partial charge is 0.285 e. The Balaban J connectivity index is 2.00. The molecule has 0 N–H and O–H groups in total. The molecule has 2 aromatic heterocycles. The van der Waals surface area contributed by atoms with E-state index in [0.717, 1.165) is 16.3 Å². The minimum atomic E-state index is -0.0594. The fourth-order valence-electron chi connectivity index (χ4n) is 2.11. The molecule has 0 unspecified atom stereocenters. The monoisotopic (exact) mass is 320 g/mol. The van der Waals surface area contributed by atoms with Gasteiger partial charge in [-0.05, 0) is 55.7 Å². The number of amides is 1. The Kier molecular flexibility index (Phi) is 3.54. The summed E-state index contributed by atoms with van der Waals surface area (Å²) >= 11 is 8.33. The maximum atomic E-state index is 12.6. The first-order valence-electron chi connectivity index (χ1n) is 6.04. The van der Waals surface area contributed by atoms with E-state index in [1.807, 2.05) is 54.2 Å². The van der Waals surface area contributed by atoms with Gasteiger partial charge < -0.3 is 0 Å². The zero-order valence-electron chi connectivity index (χ0n) is 11.0. The Bertz CT molecular complexity index is 693. The van der Waals surface area contributed by atoms with Crippen LogP contribution in [0.2, 0.25) is 0 Å². The summed E-state index contributed by atoms with van der Waals surface area (Å²) in [6.07, 6.45) is 1.90. The summed E-state index contributed by atoms with van der Waals surface area (Å²) < 4.78 is 2.44. The fraction of sp³-hybridized carbons (Fsp3) is 0.143. The SMILES string of the molecule is Cc1ccc(C)n1N1C(=O)/C(=C\c2cccs2)SC1=S. The summed E-state index contributed by atoms with van der Waals surface area (Å²) in [6, 6.07) is 7.93. The van der Waals surface area contributed by atoms with E-state index in [1.54, 1.807) is 16.3 Å². The van der Waals surface area contributed by atoms with Gasteiger partial charge in [-0.25, -0.2) is 0 Å². The highest BCUT2D eigenvalue weighted by atomic mass is 32.2. The van der Waals surface area contributed by atoms with Crippen molar-refractivity contribution in [2.24, 2.45) is 0 Å². The van der Waals surface area contributed by atoms with Gasteiger partial charge in [-0.1, -0.05) is 17.8 Å². The van der Waals surface area contributed by atoms with Crippen molar-refractivity contribution in [3.63, 3.8) is 0 Å². The van der Waals surface area contributed by atoms with Crippen molar-refractivity contribution in [3.8, 4) is 0 Å². The lowest BCUT2D eigenvalue weighted by atomic mass is 10.4. The fourth-order valence-corrected chi connectivity index (χ4v) is 4.08. The number of thiophene rings is 1. The number of aromatic nitrogens is 1. The molecule has 0 bridgehead atoms. The Morgan fingerprint density at radius 3 is 2.50 bits per heavy atom. The van der Waals surface area contributed by atoms with Gasteiger partial charge in [0, 0.05) is 16.3 Å². The molecule has 3 rings (SSSR count). The standard InChI is InChI=1S/C14H12N2OS3/c1-9-5-6-10(2)15(9)16-13(17)12(20-14(16)18)8-11-4-3-7-19-11/h3-8H,1-2H3/b12-8+. The quantitative estimate of drug-likeness (QED) is 0.623. The molecule has 102 valence electrons. The predicted octanol–water partition coefficient (Wildman–Crippen LogP) is 3.70. The summed E-state index contributed by atoms with van der Waals surface area (Å²) in [5, 5.41) is 3.57. The number of aryl methyl sites for hydroxylation is 2. The average Bonchev–Trinajstić information content (AvgIpc) is 3.08. The molecule has 2 aromatic rings. The number of nitrogens with zero attached hydrogens (tertiary/aromatic N) is 2. The predicted molar refractivity (Wildman–Crippen MR) is 89.6 cm³/mol. The van der Waals surface area contributed by atoms with Crippen LogP contribution >= 0.6 is 35.3 Å². The molecule has 0 radical (unpaired) electrons. The molecule has 1 aliphatic heterocycles. The van der Waals surface area contributed by atoms with Gasteiger partial charge in [0.1, 0.15) is 0 Å². The molecule has 0 spiro atoms.